The Morgan fingerprint density at radius 3 is 2.72 bits per heavy atom. The van der Waals surface area contributed by atoms with Crippen LogP contribution in [0.25, 0.3) is 0 Å². The van der Waals surface area contributed by atoms with Gasteiger partial charge in [-0.2, -0.15) is 0 Å². The number of amides is 1. The number of hydrogen-bond donors (Lipinski definition) is 1. The van der Waals surface area contributed by atoms with E-state index in [0.717, 1.165) is 38.8 Å². The van der Waals surface area contributed by atoms with Gasteiger partial charge in [-0.15, -0.1) is 0 Å². The van der Waals surface area contributed by atoms with Crippen molar-refractivity contribution in [2.75, 3.05) is 13.1 Å². The highest BCUT2D eigenvalue weighted by Crippen LogP contribution is 2.27. The minimum absolute atomic E-state index is 0.171. The molecule has 0 saturated carbocycles. The van der Waals surface area contributed by atoms with Gasteiger partial charge in [-0.3, -0.25) is 4.79 Å². The van der Waals surface area contributed by atoms with Crippen LogP contribution < -0.4 is 5.73 Å². The maximum atomic E-state index is 12.4. The van der Waals surface area contributed by atoms with E-state index >= 15 is 0 Å². The van der Waals surface area contributed by atoms with Crippen molar-refractivity contribution in [3.05, 3.63) is 35.4 Å². The summed E-state index contributed by atoms with van der Waals surface area (Å²) in [5.74, 6) is 0.489. The van der Waals surface area contributed by atoms with E-state index < -0.39 is 0 Å². The van der Waals surface area contributed by atoms with Gasteiger partial charge in [0.2, 0.25) is 5.91 Å². The average molecular weight is 244 g/mol. The molecule has 1 aliphatic heterocycles. The van der Waals surface area contributed by atoms with Crippen molar-refractivity contribution in [3.8, 4) is 0 Å². The quantitative estimate of drug-likeness (QED) is 0.810. The molecular weight excluding hydrogens is 224 g/mol. The standard InChI is InChI=1S/C15H20N2O/c16-14-7-8-17(10-14)15(18)13-6-5-11-3-1-2-4-12(11)9-13/h1-4,13-14H,5-10,16H2/t13?,14-/m0/s1. The summed E-state index contributed by atoms with van der Waals surface area (Å²) >= 11 is 0. The molecule has 1 fully saturated rings. The Balaban J connectivity index is 1.70. The van der Waals surface area contributed by atoms with E-state index in [1.54, 1.807) is 0 Å². The number of likely N-dealkylation sites (tertiary alicyclic amines) is 1. The topological polar surface area (TPSA) is 46.3 Å². The van der Waals surface area contributed by atoms with Crippen molar-refractivity contribution in [2.45, 2.75) is 31.7 Å². The van der Waals surface area contributed by atoms with Crippen molar-refractivity contribution in [3.63, 3.8) is 0 Å². The third-order valence-corrected chi connectivity index (χ3v) is 4.23. The third kappa shape index (κ3) is 2.15. The van der Waals surface area contributed by atoms with Crippen LogP contribution in [-0.4, -0.2) is 29.9 Å². The van der Waals surface area contributed by atoms with Crippen LogP contribution in [0.4, 0.5) is 0 Å². The molecule has 3 heteroatoms. The Bertz CT molecular complexity index is 458. The second-order valence-electron chi connectivity index (χ2n) is 5.54. The molecule has 1 amide bonds. The summed E-state index contributed by atoms with van der Waals surface area (Å²) in [5, 5.41) is 0. The second-order valence-corrected chi connectivity index (χ2v) is 5.54. The van der Waals surface area contributed by atoms with E-state index in [0.29, 0.717) is 5.91 Å². The molecule has 1 aromatic carbocycles. The van der Waals surface area contributed by atoms with Crippen LogP contribution in [0.3, 0.4) is 0 Å². The van der Waals surface area contributed by atoms with Gasteiger partial charge in [-0.05, 0) is 36.8 Å². The molecule has 96 valence electrons. The number of benzene rings is 1. The lowest BCUT2D eigenvalue weighted by Gasteiger charge is -2.27. The summed E-state index contributed by atoms with van der Waals surface area (Å²) in [6.07, 6.45) is 3.88. The largest absolute Gasteiger partial charge is 0.341 e. The Morgan fingerprint density at radius 1 is 1.22 bits per heavy atom. The summed E-state index contributed by atoms with van der Waals surface area (Å²) in [6, 6.07) is 8.68. The van der Waals surface area contributed by atoms with Crippen LogP contribution in [0.1, 0.15) is 24.0 Å². The molecule has 0 spiro atoms. The van der Waals surface area contributed by atoms with Crippen LogP contribution in [0, 0.1) is 5.92 Å². The number of carbonyl (C=O) groups is 1. The highest BCUT2D eigenvalue weighted by atomic mass is 16.2. The molecule has 18 heavy (non-hydrogen) atoms. The predicted octanol–water partition coefficient (Wildman–Crippen LogP) is 1.35. The van der Waals surface area contributed by atoms with Crippen LogP contribution in [0.5, 0.6) is 0 Å². The summed E-state index contributed by atoms with van der Waals surface area (Å²) in [6.45, 7) is 1.59. The first-order valence-electron chi connectivity index (χ1n) is 6.85. The van der Waals surface area contributed by atoms with Crippen molar-refractivity contribution in [1.82, 2.24) is 4.90 Å². The smallest absolute Gasteiger partial charge is 0.226 e. The van der Waals surface area contributed by atoms with Gasteiger partial charge in [0.1, 0.15) is 0 Å². The fraction of sp³-hybridized carbons (Fsp3) is 0.533. The van der Waals surface area contributed by atoms with Crippen LogP contribution in [0.15, 0.2) is 24.3 Å². The number of nitrogens with two attached hydrogens (primary N) is 1. The molecule has 1 aromatic rings. The fourth-order valence-corrected chi connectivity index (χ4v) is 3.15. The number of fused-ring (bicyclic) bond motifs is 1. The van der Waals surface area contributed by atoms with E-state index in [9.17, 15) is 4.79 Å². The molecular formula is C15H20N2O. The lowest BCUT2D eigenvalue weighted by atomic mass is 9.83. The molecule has 1 unspecified atom stereocenters. The second kappa shape index (κ2) is 4.73. The minimum Gasteiger partial charge on any atom is -0.341 e. The number of aryl methyl sites for hydroxylation is 1. The van der Waals surface area contributed by atoms with Gasteiger partial charge in [0.25, 0.3) is 0 Å². The Labute approximate surface area is 108 Å². The fourth-order valence-electron chi connectivity index (χ4n) is 3.15. The maximum Gasteiger partial charge on any atom is 0.226 e. The zero-order chi connectivity index (χ0) is 12.5. The first-order valence-corrected chi connectivity index (χ1v) is 6.85. The number of carbonyl (C=O) groups excluding carboxylic acids is 1. The van der Waals surface area contributed by atoms with Crippen molar-refractivity contribution < 1.29 is 4.79 Å². The van der Waals surface area contributed by atoms with E-state index in [-0.39, 0.29) is 12.0 Å². The Kier molecular flexibility index (Phi) is 3.08. The monoisotopic (exact) mass is 244 g/mol. The first kappa shape index (κ1) is 11.7. The van der Waals surface area contributed by atoms with Gasteiger partial charge in [0, 0.05) is 25.0 Å². The number of hydrogen-bond acceptors (Lipinski definition) is 2. The van der Waals surface area contributed by atoms with E-state index in [2.05, 4.69) is 24.3 Å². The molecule has 3 rings (SSSR count). The van der Waals surface area contributed by atoms with Gasteiger partial charge in [0.15, 0.2) is 0 Å². The average Bonchev–Trinajstić information content (AvgIpc) is 2.84. The summed E-state index contributed by atoms with van der Waals surface area (Å²) in [4.78, 5) is 14.4. The van der Waals surface area contributed by atoms with Gasteiger partial charge < -0.3 is 10.6 Å². The predicted molar refractivity (Wildman–Crippen MR) is 71.1 cm³/mol. The van der Waals surface area contributed by atoms with Crippen molar-refractivity contribution >= 4 is 5.91 Å². The van der Waals surface area contributed by atoms with E-state index in [1.165, 1.54) is 11.1 Å². The SMILES string of the molecule is N[C@H]1CCN(C(=O)C2CCc3ccccc3C2)C1. The number of nitrogens with zero attached hydrogens (tertiary/aromatic N) is 1. The molecule has 1 saturated heterocycles. The molecule has 1 heterocycles. The third-order valence-electron chi connectivity index (χ3n) is 4.23. The highest BCUT2D eigenvalue weighted by Gasteiger charge is 2.31. The molecule has 0 bridgehead atoms. The maximum absolute atomic E-state index is 12.4. The number of rotatable bonds is 1. The molecule has 2 atom stereocenters. The molecule has 2 aliphatic rings. The van der Waals surface area contributed by atoms with E-state index in [1.807, 2.05) is 4.90 Å². The Morgan fingerprint density at radius 2 is 2.00 bits per heavy atom. The van der Waals surface area contributed by atoms with Crippen LogP contribution in [0.2, 0.25) is 0 Å². The molecule has 3 nitrogen and oxygen atoms in total. The minimum atomic E-state index is 0.171. The van der Waals surface area contributed by atoms with Gasteiger partial charge in [0.05, 0.1) is 0 Å². The van der Waals surface area contributed by atoms with Crippen molar-refractivity contribution in [1.29, 1.82) is 0 Å². The first-order chi connectivity index (χ1) is 8.74. The molecule has 0 aromatic heterocycles. The normalized spacial score (nSPS) is 27.1. The van der Waals surface area contributed by atoms with Gasteiger partial charge in [-0.1, -0.05) is 24.3 Å². The highest BCUT2D eigenvalue weighted by molar-refractivity contribution is 5.80. The summed E-state index contributed by atoms with van der Waals surface area (Å²) in [5.41, 5.74) is 8.64. The lowest BCUT2D eigenvalue weighted by molar-refractivity contribution is -0.134. The van der Waals surface area contributed by atoms with E-state index in [4.69, 9.17) is 5.73 Å². The zero-order valence-corrected chi connectivity index (χ0v) is 10.6. The van der Waals surface area contributed by atoms with Crippen LogP contribution in [-0.2, 0) is 17.6 Å². The summed E-state index contributed by atoms with van der Waals surface area (Å²) in [7, 11) is 0. The molecule has 1 aliphatic carbocycles. The summed E-state index contributed by atoms with van der Waals surface area (Å²) < 4.78 is 0. The zero-order valence-electron chi connectivity index (χ0n) is 10.6. The van der Waals surface area contributed by atoms with Gasteiger partial charge >= 0.3 is 0 Å². The van der Waals surface area contributed by atoms with Crippen LogP contribution >= 0.6 is 0 Å². The Hall–Kier alpha value is -1.35. The molecule has 2 N–H and O–H groups in total. The van der Waals surface area contributed by atoms with Crippen molar-refractivity contribution in [2.24, 2.45) is 11.7 Å². The lowest BCUT2D eigenvalue weighted by Crippen LogP contribution is -2.38. The van der Waals surface area contributed by atoms with Gasteiger partial charge in [-0.25, -0.2) is 0 Å². The molecule has 0 radical (unpaired) electrons.